The number of rotatable bonds is 5. The molecule has 0 unspecified atom stereocenters. The highest BCUT2D eigenvalue weighted by Crippen LogP contribution is 2.18. The molecule has 0 aliphatic heterocycles. The smallest absolute Gasteiger partial charge is 0.329 e. The molecule has 0 saturated carbocycles. The third kappa shape index (κ3) is 3.61. The van der Waals surface area contributed by atoms with Crippen LogP contribution in [0.1, 0.15) is 18.5 Å². The first kappa shape index (κ1) is 19.2. The first-order valence-electron chi connectivity index (χ1n) is 8.22. The van der Waals surface area contributed by atoms with Crippen LogP contribution >= 0.6 is 0 Å². The second-order valence-corrected chi connectivity index (χ2v) is 6.02. The summed E-state index contributed by atoms with van der Waals surface area (Å²) in [7, 11) is 1.32. The molecule has 2 heterocycles. The van der Waals surface area contributed by atoms with E-state index in [-0.39, 0.29) is 22.3 Å². The number of amides is 1. The molecule has 0 bridgehead atoms. The van der Waals surface area contributed by atoms with Gasteiger partial charge in [-0.15, -0.1) is 0 Å². The lowest BCUT2D eigenvalue weighted by molar-refractivity contribution is -0.122. The van der Waals surface area contributed by atoms with Crippen molar-refractivity contribution in [3.8, 4) is 5.88 Å². The minimum Gasteiger partial charge on any atom is -0.480 e. The fraction of sp³-hybridized carbons (Fsp3) is 0.222. The van der Waals surface area contributed by atoms with Gasteiger partial charge in [-0.25, -0.2) is 18.6 Å². The fourth-order valence-electron chi connectivity index (χ4n) is 2.82. The molecular formula is C18H16F2N4O4. The van der Waals surface area contributed by atoms with E-state index in [1.165, 1.54) is 32.4 Å². The number of H-pyrrole nitrogens is 1. The molecule has 8 nitrogen and oxygen atoms in total. The summed E-state index contributed by atoms with van der Waals surface area (Å²) in [6.07, 6.45) is 1.37. The van der Waals surface area contributed by atoms with Crippen molar-refractivity contribution in [3.63, 3.8) is 0 Å². The van der Waals surface area contributed by atoms with Crippen LogP contribution in [-0.4, -0.2) is 27.6 Å². The zero-order valence-corrected chi connectivity index (χ0v) is 15.0. The van der Waals surface area contributed by atoms with Gasteiger partial charge in [0, 0.05) is 17.8 Å². The van der Waals surface area contributed by atoms with Gasteiger partial charge in [-0.1, -0.05) is 6.07 Å². The molecule has 2 aromatic heterocycles. The zero-order chi connectivity index (χ0) is 20.4. The van der Waals surface area contributed by atoms with Crippen molar-refractivity contribution >= 4 is 16.8 Å². The van der Waals surface area contributed by atoms with E-state index in [0.29, 0.717) is 10.6 Å². The largest absolute Gasteiger partial charge is 0.480 e. The van der Waals surface area contributed by atoms with Gasteiger partial charge in [0.2, 0.25) is 11.8 Å². The Morgan fingerprint density at radius 1 is 1.32 bits per heavy atom. The molecule has 1 amide bonds. The Hall–Kier alpha value is -3.56. The Morgan fingerprint density at radius 2 is 2.07 bits per heavy atom. The van der Waals surface area contributed by atoms with Gasteiger partial charge in [0.1, 0.15) is 23.6 Å². The van der Waals surface area contributed by atoms with Gasteiger partial charge >= 0.3 is 5.69 Å². The zero-order valence-electron chi connectivity index (χ0n) is 15.0. The van der Waals surface area contributed by atoms with Crippen molar-refractivity contribution in [3.05, 3.63) is 68.5 Å². The van der Waals surface area contributed by atoms with Crippen molar-refractivity contribution in [2.24, 2.45) is 0 Å². The SMILES string of the molecule is COc1nccc2[nH]c(=O)n(CC(=O)N[C@@H](C)c3ccc(F)cc3F)c(=O)c12. The Labute approximate surface area is 156 Å². The molecular weight excluding hydrogens is 374 g/mol. The number of fused-ring (bicyclic) bond motifs is 1. The molecule has 0 radical (unpaired) electrons. The number of halogens is 2. The van der Waals surface area contributed by atoms with Gasteiger partial charge in [-0.3, -0.25) is 14.2 Å². The van der Waals surface area contributed by atoms with Gasteiger partial charge in [-0.2, -0.15) is 0 Å². The van der Waals surface area contributed by atoms with Crippen LogP contribution in [0.4, 0.5) is 8.78 Å². The molecule has 146 valence electrons. The lowest BCUT2D eigenvalue weighted by Gasteiger charge is -2.15. The van der Waals surface area contributed by atoms with Crippen LogP contribution in [0.25, 0.3) is 10.9 Å². The Balaban J connectivity index is 1.89. The van der Waals surface area contributed by atoms with Crippen LogP contribution in [-0.2, 0) is 11.3 Å². The standard InChI is InChI=1S/C18H16F2N4O4/c1-9(11-4-3-10(19)7-12(11)20)22-14(25)8-24-17(26)15-13(23-18(24)27)5-6-21-16(15)28-2/h3-7,9H,8H2,1-2H3,(H,22,25)(H,23,27)/t9-/m0/s1. The van der Waals surface area contributed by atoms with Crippen LogP contribution in [0, 0.1) is 11.6 Å². The second-order valence-electron chi connectivity index (χ2n) is 6.02. The number of hydrogen-bond donors (Lipinski definition) is 2. The monoisotopic (exact) mass is 390 g/mol. The summed E-state index contributed by atoms with van der Waals surface area (Å²) in [6.45, 7) is 0.893. The van der Waals surface area contributed by atoms with E-state index in [4.69, 9.17) is 4.74 Å². The maximum Gasteiger partial charge on any atom is 0.329 e. The molecule has 2 N–H and O–H groups in total. The lowest BCUT2D eigenvalue weighted by atomic mass is 10.1. The van der Waals surface area contributed by atoms with Crippen molar-refractivity contribution in [1.82, 2.24) is 19.9 Å². The average Bonchev–Trinajstić information content (AvgIpc) is 2.64. The Morgan fingerprint density at radius 3 is 2.75 bits per heavy atom. The first-order chi connectivity index (χ1) is 13.3. The minimum atomic E-state index is -0.815. The highest BCUT2D eigenvalue weighted by atomic mass is 19.1. The maximum absolute atomic E-state index is 13.8. The van der Waals surface area contributed by atoms with E-state index in [9.17, 15) is 23.2 Å². The second kappa shape index (κ2) is 7.59. The molecule has 3 rings (SSSR count). The van der Waals surface area contributed by atoms with Gasteiger partial charge in [0.05, 0.1) is 18.7 Å². The van der Waals surface area contributed by atoms with Crippen molar-refractivity contribution in [2.75, 3.05) is 7.11 Å². The summed E-state index contributed by atoms with van der Waals surface area (Å²) in [6, 6.07) is 3.61. The van der Waals surface area contributed by atoms with Crippen LogP contribution < -0.4 is 21.3 Å². The van der Waals surface area contributed by atoms with E-state index < -0.39 is 41.4 Å². The minimum absolute atomic E-state index is 0.00894. The quantitative estimate of drug-likeness (QED) is 0.682. The number of pyridine rings is 1. The Bertz CT molecular complexity index is 1170. The number of nitrogens with one attached hydrogen (secondary N) is 2. The number of ether oxygens (including phenoxy) is 1. The maximum atomic E-state index is 13.8. The van der Waals surface area contributed by atoms with Crippen LogP contribution in [0.2, 0.25) is 0 Å². The molecule has 0 spiro atoms. The molecule has 1 atom stereocenters. The fourth-order valence-corrected chi connectivity index (χ4v) is 2.82. The summed E-state index contributed by atoms with van der Waals surface area (Å²) in [5, 5.41) is 2.50. The van der Waals surface area contributed by atoms with Crippen LogP contribution in [0.3, 0.4) is 0 Å². The van der Waals surface area contributed by atoms with E-state index in [2.05, 4.69) is 15.3 Å². The highest BCUT2D eigenvalue weighted by molar-refractivity contribution is 5.82. The van der Waals surface area contributed by atoms with Crippen molar-refractivity contribution < 1.29 is 18.3 Å². The number of carbonyl (C=O) groups excluding carboxylic acids is 1. The van der Waals surface area contributed by atoms with E-state index in [1.54, 1.807) is 0 Å². The predicted molar refractivity (Wildman–Crippen MR) is 96.1 cm³/mol. The topological polar surface area (TPSA) is 106 Å². The summed E-state index contributed by atoms with van der Waals surface area (Å²) in [5.74, 6) is -2.25. The number of nitrogens with zero attached hydrogens (tertiary/aromatic N) is 2. The summed E-state index contributed by atoms with van der Waals surface area (Å²) >= 11 is 0. The molecule has 0 aliphatic carbocycles. The summed E-state index contributed by atoms with van der Waals surface area (Å²) < 4.78 is 32.6. The number of aromatic amines is 1. The molecule has 0 aliphatic rings. The van der Waals surface area contributed by atoms with Gasteiger partial charge in [-0.05, 0) is 19.1 Å². The third-order valence-electron chi connectivity index (χ3n) is 4.16. The average molecular weight is 390 g/mol. The van der Waals surface area contributed by atoms with E-state index in [1.807, 2.05) is 0 Å². The number of aromatic nitrogens is 3. The molecule has 0 fully saturated rings. The molecule has 3 aromatic rings. The number of hydrogen-bond acceptors (Lipinski definition) is 5. The Kier molecular flexibility index (Phi) is 5.21. The van der Waals surface area contributed by atoms with Gasteiger partial charge in [0.15, 0.2) is 0 Å². The summed E-state index contributed by atoms with van der Waals surface area (Å²) in [5.41, 5.74) is -1.25. The lowest BCUT2D eigenvalue weighted by Crippen LogP contribution is -2.41. The normalized spacial score (nSPS) is 12.0. The van der Waals surface area contributed by atoms with Crippen LogP contribution in [0.5, 0.6) is 5.88 Å². The van der Waals surface area contributed by atoms with Crippen molar-refractivity contribution in [2.45, 2.75) is 19.5 Å². The van der Waals surface area contributed by atoms with Crippen molar-refractivity contribution in [1.29, 1.82) is 0 Å². The molecule has 1 aromatic carbocycles. The predicted octanol–water partition coefficient (Wildman–Crippen LogP) is 1.25. The van der Waals surface area contributed by atoms with Crippen LogP contribution in [0.15, 0.2) is 40.1 Å². The molecule has 28 heavy (non-hydrogen) atoms. The first-order valence-corrected chi connectivity index (χ1v) is 8.22. The number of methoxy groups -OCH3 is 1. The van der Waals surface area contributed by atoms with Gasteiger partial charge < -0.3 is 15.0 Å². The number of benzene rings is 1. The third-order valence-corrected chi connectivity index (χ3v) is 4.16. The summed E-state index contributed by atoms with van der Waals surface area (Å²) in [4.78, 5) is 43.6. The highest BCUT2D eigenvalue weighted by Gasteiger charge is 2.18. The molecule has 10 heteroatoms. The van der Waals surface area contributed by atoms with E-state index >= 15 is 0 Å². The number of carbonyl (C=O) groups is 1. The molecule has 0 saturated heterocycles. The van der Waals surface area contributed by atoms with Gasteiger partial charge in [0.25, 0.3) is 5.56 Å². The van der Waals surface area contributed by atoms with E-state index in [0.717, 1.165) is 6.07 Å².